The van der Waals surface area contributed by atoms with Gasteiger partial charge >= 0.3 is 5.97 Å². The molecule has 0 aromatic carbocycles. The summed E-state index contributed by atoms with van der Waals surface area (Å²) in [5.41, 5.74) is -0.379. The van der Waals surface area contributed by atoms with Crippen LogP contribution in [0.4, 0.5) is 0 Å². The molecule has 1 rings (SSSR count). The van der Waals surface area contributed by atoms with Gasteiger partial charge in [-0.2, -0.15) is 0 Å². The summed E-state index contributed by atoms with van der Waals surface area (Å²) in [4.78, 5) is 13.7. The van der Waals surface area contributed by atoms with Gasteiger partial charge in [0, 0.05) is 6.54 Å². The first kappa shape index (κ1) is 12.5. The number of piperidine rings is 1. The van der Waals surface area contributed by atoms with Crippen molar-refractivity contribution in [2.24, 2.45) is 0 Å². The van der Waals surface area contributed by atoms with E-state index in [1.165, 1.54) is 19.3 Å². The summed E-state index contributed by atoms with van der Waals surface area (Å²) in [5.74, 6) is -0.201. The number of carbonyl (C=O) groups is 1. The first-order valence-corrected chi connectivity index (χ1v) is 5.76. The molecule has 3 nitrogen and oxygen atoms in total. The van der Waals surface area contributed by atoms with Crippen LogP contribution in [-0.2, 0) is 9.53 Å². The van der Waals surface area contributed by atoms with Gasteiger partial charge in [0.1, 0.15) is 5.60 Å². The van der Waals surface area contributed by atoms with Crippen molar-refractivity contribution in [2.45, 2.75) is 45.6 Å². The Morgan fingerprint density at radius 2 is 1.87 bits per heavy atom. The second-order valence-electron chi connectivity index (χ2n) is 5.10. The molecule has 87 valence electrons. The number of ether oxygens (including phenoxy) is 1. The lowest BCUT2D eigenvalue weighted by Gasteiger charge is -2.26. The third kappa shape index (κ3) is 5.78. The van der Waals surface area contributed by atoms with Gasteiger partial charge in [0.2, 0.25) is 0 Å². The Balaban J connectivity index is 2.15. The molecule has 1 aliphatic rings. The number of nitrogens with zero attached hydrogens (tertiary/aromatic N) is 1. The number of esters is 1. The highest BCUT2D eigenvalue weighted by atomic mass is 16.6. The summed E-state index contributed by atoms with van der Waals surface area (Å²) in [6, 6.07) is 0. The van der Waals surface area contributed by atoms with Crippen molar-refractivity contribution in [1.82, 2.24) is 4.90 Å². The highest BCUT2D eigenvalue weighted by molar-refractivity contribution is 5.79. The van der Waals surface area contributed by atoms with E-state index in [4.69, 9.17) is 4.74 Å². The van der Waals surface area contributed by atoms with Crippen LogP contribution in [0.5, 0.6) is 0 Å². The smallest absolute Gasteiger partial charge is 0.311 e. The van der Waals surface area contributed by atoms with Crippen LogP contribution in [0.3, 0.4) is 0 Å². The monoisotopic (exact) mass is 212 g/mol. The van der Waals surface area contributed by atoms with Gasteiger partial charge in [-0.25, -0.2) is 0 Å². The maximum absolute atomic E-state index is 11.4. The molecule has 1 saturated heterocycles. The Bertz CT molecular complexity index is 202. The lowest BCUT2D eigenvalue weighted by molar-refractivity contribution is -0.150. The van der Waals surface area contributed by atoms with E-state index >= 15 is 0 Å². The topological polar surface area (TPSA) is 29.5 Å². The highest BCUT2D eigenvalue weighted by Crippen LogP contribution is 2.11. The summed E-state index contributed by atoms with van der Waals surface area (Å²) >= 11 is 0. The van der Waals surface area contributed by atoms with Crippen LogP contribution in [0.1, 0.15) is 40.0 Å². The molecule has 0 aromatic rings. The molecule has 0 amide bonds. The quantitative estimate of drug-likeness (QED) is 0.670. The summed E-state index contributed by atoms with van der Waals surface area (Å²) in [5, 5.41) is 0. The number of carbonyl (C=O) groups excluding carboxylic acids is 1. The van der Waals surface area contributed by atoms with Gasteiger partial charge in [-0.1, -0.05) is 6.42 Å². The van der Waals surface area contributed by atoms with Crippen molar-refractivity contribution >= 4 is 5.97 Å². The molecule has 0 atom stereocenters. The summed E-state index contributed by atoms with van der Waals surface area (Å²) in [6.07, 6.45) is 5.48. The molecule has 0 aromatic heterocycles. The fourth-order valence-electron chi connectivity index (χ4n) is 1.69. The molecular weight excluding hydrogens is 190 g/mol. The summed E-state index contributed by atoms with van der Waals surface area (Å²) in [6.45, 7) is 8.62. The molecule has 0 aliphatic carbocycles. The predicted octanol–water partition coefficient (Wildman–Crippen LogP) is 2.02. The predicted molar refractivity (Wildman–Crippen MR) is 60.4 cm³/mol. The first-order valence-electron chi connectivity index (χ1n) is 5.76. The lowest BCUT2D eigenvalue weighted by Crippen LogP contribution is -2.33. The van der Waals surface area contributed by atoms with Crippen LogP contribution < -0.4 is 0 Å². The van der Waals surface area contributed by atoms with Crippen molar-refractivity contribution in [3.63, 3.8) is 0 Å². The van der Waals surface area contributed by atoms with Crippen LogP contribution in [0.25, 0.3) is 0 Å². The Morgan fingerprint density at radius 1 is 1.27 bits per heavy atom. The van der Waals surface area contributed by atoms with E-state index in [9.17, 15) is 4.79 Å². The fraction of sp³-hybridized carbons (Fsp3) is 0.833. The summed E-state index contributed by atoms with van der Waals surface area (Å²) < 4.78 is 5.21. The third-order valence-corrected chi connectivity index (χ3v) is 2.37. The second kappa shape index (κ2) is 5.50. The number of hydrogen-bond acceptors (Lipinski definition) is 3. The minimum atomic E-state index is -0.379. The molecule has 1 heterocycles. The fourth-order valence-corrected chi connectivity index (χ4v) is 1.69. The van der Waals surface area contributed by atoms with Gasteiger partial charge in [-0.05, 0) is 46.7 Å². The lowest BCUT2D eigenvalue weighted by atomic mass is 10.1. The molecule has 3 heteroatoms. The second-order valence-corrected chi connectivity index (χ2v) is 5.10. The van der Waals surface area contributed by atoms with Crippen LogP contribution in [0.2, 0.25) is 0 Å². The minimum absolute atomic E-state index is 0.201. The van der Waals surface area contributed by atoms with E-state index in [1.807, 2.05) is 20.8 Å². The highest BCUT2D eigenvalue weighted by Gasteiger charge is 2.18. The van der Waals surface area contributed by atoms with Crippen LogP contribution >= 0.6 is 0 Å². The van der Waals surface area contributed by atoms with Gasteiger partial charge in [0.15, 0.2) is 0 Å². The van der Waals surface area contributed by atoms with Crippen molar-refractivity contribution in [3.05, 3.63) is 6.42 Å². The Morgan fingerprint density at radius 3 is 2.40 bits per heavy atom. The maximum Gasteiger partial charge on any atom is 0.311 e. The van der Waals surface area contributed by atoms with E-state index in [0.717, 1.165) is 19.6 Å². The molecule has 0 unspecified atom stereocenters. The van der Waals surface area contributed by atoms with Crippen LogP contribution in [0.15, 0.2) is 0 Å². The number of hydrogen-bond donors (Lipinski definition) is 0. The normalized spacial score (nSPS) is 18.9. The molecule has 0 N–H and O–H groups in total. The zero-order valence-corrected chi connectivity index (χ0v) is 10.1. The van der Waals surface area contributed by atoms with E-state index in [-0.39, 0.29) is 11.6 Å². The molecule has 1 aliphatic heterocycles. The van der Waals surface area contributed by atoms with E-state index in [0.29, 0.717) is 0 Å². The molecule has 0 saturated carbocycles. The van der Waals surface area contributed by atoms with Gasteiger partial charge in [-0.15, -0.1) is 0 Å². The van der Waals surface area contributed by atoms with E-state index < -0.39 is 0 Å². The minimum Gasteiger partial charge on any atom is -0.460 e. The van der Waals surface area contributed by atoms with Crippen molar-refractivity contribution in [1.29, 1.82) is 0 Å². The Labute approximate surface area is 92.8 Å². The standard InChI is InChI=1S/C12H22NO2/c1-12(2,3)15-11(14)7-10-13-8-5-4-6-9-13/h7H,4-6,8-10H2,1-3H3. The van der Waals surface area contributed by atoms with E-state index in [2.05, 4.69) is 4.90 Å². The van der Waals surface area contributed by atoms with Crippen LogP contribution in [0, 0.1) is 6.42 Å². The van der Waals surface area contributed by atoms with Gasteiger partial charge in [-0.3, -0.25) is 4.79 Å². The summed E-state index contributed by atoms with van der Waals surface area (Å²) in [7, 11) is 0. The van der Waals surface area contributed by atoms with Crippen LogP contribution in [-0.4, -0.2) is 36.1 Å². The average Bonchev–Trinajstić information content (AvgIpc) is 2.14. The molecule has 1 fully saturated rings. The van der Waals surface area contributed by atoms with Crippen molar-refractivity contribution < 1.29 is 9.53 Å². The maximum atomic E-state index is 11.4. The SMILES string of the molecule is CC(C)(C)OC(=O)[CH]CN1CCCCC1. The largest absolute Gasteiger partial charge is 0.460 e. The van der Waals surface area contributed by atoms with Crippen molar-refractivity contribution in [2.75, 3.05) is 19.6 Å². The zero-order valence-electron chi connectivity index (χ0n) is 10.1. The number of rotatable bonds is 3. The Hall–Kier alpha value is -0.570. The van der Waals surface area contributed by atoms with Gasteiger partial charge in [0.25, 0.3) is 0 Å². The molecular formula is C12H22NO2. The van der Waals surface area contributed by atoms with Gasteiger partial charge in [0.05, 0.1) is 6.42 Å². The van der Waals surface area contributed by atoms with Gasteiger partial charge < -0.3 is 9.64 Å². The average molecular weight is 212 g/mol. The zero-order chi connectivity index (χ0) is 11.3. The molecule has 15 heavy (non-hydrogen) atoms. The third-order valence-electron chi connectivity index (χ3n) is 2.37. The Kier molecular flexibility index (Phi) is 4.58. The number of likely N-dealkylation sites (tertiary alicyclic amines) is 1. The van der Waals surface area contributed by atoms with E-state index in [1.54, 1.807) is 6.42 Å². The molecule has 0 bridgehead atoms. The van der Waals surface area contributed by atoms with Crippen molar-refractivity contribution in [3.8, 4) is 0 Å². The molecule has 0 spiro atoms. The first-order chi connectivity index (χ1) is 6.97. The molecule has 1 radical (unpaired) electrons.